The van der Waals surface area contributed by atoms with Crippen molar-refractivity contribution in [2.45, 2.75) is 31.8 Å². The minimum Gasteiger partial charge on any atom is -0.454 e. The van der Waals surface area contributed by atoms with E-state index in [1.165, 1.54) is 11.1 Å². The summed E-state index contributed by atoms with van der Waals surface area (Å²) in [5.74, 6) is 1.98. The van der Waals surface area contributed by atoms with Crippen molar-refractivity contribution in [1.82, 2.24) is 4.90 Å². The van der Waals surface area contributed by atoms with Crippen LogP contribution in [-0.4, -0.2) is 41.8 Å². The molecule has 0 spiro atoms. The summed E-state index contributed by atoms with van der Waals surface area (Å²) in [5, 5.41) is 9.32. The summed E-state index contributed by atoms with van der Waals surface area (Å²) in [7, 11) is 0. The molecule has 0 aromatic heterocycles. The van der Waals surface area contributed by atoms with Crippen molar-refractivity contribution in [2.75, 3.05) is 19.9 Å². The van der Waals surface area contributed by atoms with Crippen LogP contribution < -0.4 is 9.47 Å². The molecule has 1 aromatic rings. The molecule has 4 atom stereocenters. The maximum atomic E-state index is 12.2. The fourth-order valence-electron chi connectivity index (χ4n) is 4.22. The van der Waals surface area contributed by atoms with Crippen LogP contribution >= 0.6 is 0 Å². The average molecular weight is 289 g/mol. The molecule has 3 aliphatic rings. The van der Waals surface area contributed by atoms with Gasteiger partial charge in [-0.2, -0.15) is 0 Å². The Morgan fingerprint density at radius 1 is 1.38 bits per heavy atom. The Morgan fingerprint density at radius 3 is 2.86 bits per heavy atom. The van der Waals surface area contributed by atoms with Gasteiger partial charge in [0.25, 0.3) is 0 Å². The van der Waals surface area contributed by atoms with Crippen molar-refractivity contribution in [3.05, 3.63) is 23.3 Å². The van der Waals surface area contributed by atoms with E-state index in [1.54, 1.807) is 6.92 Å². The molecule has 1 aromatic carbocycles. The van der Waals surface area contributed by atoms with Gasteiger partial charge in [0, 0.05) is 37.6 Å². The highest BCUT2D eigenvalue weighted by molar-refractivity contribution is 5.81. The van der Waals surface area contributed by atoms with Crippen LogP contribution in [-0.2, 0) is 11.3 Å². The lowest BCUT2D eigenvalue weighted by Gasteiger charge is -2.28. The van der Waals surface area contributed by atoms with E-state index in [0.717, 1.165) is 24.6 Å². The standard InChI is InChI=1S/C16H19NO4/c1-9(19)16-12-7-17(13(16)2-3-18)6-10-4-14-15(5-11(10)12)21-8-20-14/h4-5,12-13,16,18H,2-3,6-8H2,1H3/t12-,13-,16-/m0/s1. The zero-order chi connectivity index (χ0) is 14.6. The van der Waals surface area contributed by atoms with Crippen LogP contribution in [0.15, 0.2) is 12.1 Å². The van der Waals surface area contributed by atoms with E-state index in [1.807, 2.05) is 0 Å². The van der Waals surface area contributed by atoms with Gasteiger partial charge in [-0.3, -0.25) is 9.69 Å². The number of carbonyl (C=O) groups is 1. The zero-order valence-corrected chi connectivity index (χ0v) is 12.0. The van der Waals surface area contributed by atoms with E-state index in [-0.39, 0.29) is 37.1 Å². The van der Waals surface area contributed by atoms with Crippen molar-refractivity contribution >= 4 is 5.78 Å². The third-order valence-electron chi connectivity index (χ3n) is 5.05. The maximum absolute atomic E-state index is 12.2. The first-order valence-corrected chi connectivity index (χ1v) is 7.47. The number of rotatable bonds is 3. The number of aliphatic hydroxyl groups is 1. The summed E-state index contributed by atoms with van der Waals surface area (Å²) in [6, 6.07) is 4.24. The van der Waals surface area contributed by atoms with Gasteiger partial charge in [0.05, 0.1) is 0 Å². The van der Waals surface area contributed by atoms with Crippen molar-refractivity contribution in [2.24, 2.45) is 5.92 Å². The van der Waals surface area contributed by atoms with Gasteiger partial charge in [0.2, 0.25) is 6.79 Å². The highest BCUT2D eigenvalue weighted by Crippen LogP contribution is 2.48. The summed E-state index contributed by atoms with van der Waals surface area (Å²) < 4.78 is 10.9. The first-order chi connectivity index (χ1) is 10.2. The van der Waals surface area contributed by atoms with Gasteiger partial charge in [0.15, 0.2) is 11.5 Å². The Kier molecular flexibility index (Phi) is 2.94. The van der Waals surface area contributed by atoms with Gasteiger partial charge in [-0.15, -0.1) is 0 Å². The van der Waals surface area contributed by atoms with Crippen molar-refractivity contribution in [3.63, 3.8) is 0 Å². The quantitative estimate of drug-likeness (QED) is 0.908. The normalized spacial score (nSPS) is 32.1. The van der Waals surface area contributed by atoms with E-state index in [4.69, 9.17) is 9.47 Å². The molecule has 1 N–H and O–H groups in total. The fourth-order valence-corrected chi connectivity index (χ4v) is 4.22. The highest BCUT2D eigenvalue weighted by Gasteiger charge is 2.48. The fraction of sp³-hybridized carbons (Fsp3) is 0.562. The molecule has 4 rings (SSSR count). The molecule has 3 heterocycles. The van der Waals surface area contributed by atoms with E-state index >= 15 is 0 Å². The molecule has 5 heteroatoms. The minimum atomic E-state index is -0.0289. The number of hydrogen-bond acceptors (Lipinski definition) is 5. The van der Waals surface area contributed by atoms with Crippen LogP contribution in [0.5, 0.6) is 11.5 Å². The molecule has 3 aliphatic heterocycles. The van der Waals surface area contributed by atoms with E-state index in [9.17, 15) is 9.90 Å². The molecular weight excluding hydrogens is 270 g/mol. The number of Topliss-reactive ketones (excluding diaryl/α,β-unsaturated/α-hetero) is 1. The second kappa shape index (κ2) is 4.71. The molecule has 0 aliphatic carbocycles. The van der Waals surface area contributed by atoms with E-state index < -0.39 is 0 Å². The lowest BCUT2D eigenvalue weighted by atomic mass is 9.80. The largest absolute Gasteiger partial charge is 0.454 e. The van der Waals surface area contributed by atoms with Gasteiger partial charge in [-0.25, -0.2) is 0 Å². The molecule has 112 valence electrons. The van der Waals surface area contributed by atoms with Crippen molar-refractivity contribution in [3.8, 4) is 11.5 Å². The summed E-state index contributed by atoms with van der Waals surface area (Å²) in [6.45, 7) is 3.77. The molecule has 2 bridgehead atoms. The van der Waals surface area contributed by atoms with Gasteiger partial charge >= 0.3 is 0 Å². The van der Waals surface area contributed by atoms with Gasteiger partial charge < -0.3 is 14.6 Å². The number of hydrogen-bond donors (Lipinski definition) is 1. The second-order valence-corrected chi connectivity index (χ2v) is 6.16. The lowest BCUT2D eigenvalue weighted by Crippen LogP contribution is -2.35. The van der Waals surface area contributed by atoms with Crippen LogP contribution in [0.2, 0.25) is 0 Å². The van der Waals surface area contributed by atoms with Crippen LogP contribution in [0.4, 0.5) is 0 Å². The number of fused-ring (bicyclic) bond motifs is 5. The Bertz CT molecular complexity index is 600. The Morgan fingerprint density at radius 2 is 2.14 bits per heavy atom. The topological polar surface area (TPSA) is 59.0 Å². The van der Waals surface area contributed by atoms with Gasteiger partial charge in [-0.1, -0.05) is 0 Å². The van der Waals surface area contributed by atoms with E-state index in [0.29, 0.717) is 6.42 Å². The lowest BCUT2D eigenvalue weighted by molar-refractivity contribution is -0.121. The molecule has 5 nitrogen and oxygen atoms in total. The summed E-state index contributed by atoms with van der Waals surface area (Å²) >= 11 is 0. The highest BCUT2D eigenvalue weighted by atomic mass is 16.7. The Hall–Kier alpha value is -1.59. The first kappa shape index (κ1) is 13.1. The number of benzene rings is 1. The summed E-state index contributed by atoms with van der Waals surface area (Å²) in [5.41, 5.74) is 2.44. The predicted molar refractivity (Wildman–Crippen MR) is 75.4 cm³/mol. The molecule has 1 saturated heterocycles. The molecule has 0 amide bonds. The predicted octanol–water partition coefficient (Wildman–Crippen LogP) is 1.28. The summed E-state index contributed by atoms with van der Waals surface area (Å²) in [6.07, 6.45) is 0.654. The molecule has 0 radical (unpaired) electrons. The van der Waals surface area contributed by atoms with Crippen molar-refractivity contribution in [1.29, 1.82) is 0 Å². The molecule has 0 saturated carbocycles. The number of aliphatic hydroxyl groups excluding tert-OH is 1. The maximum Gasteiger partial charge on any atom is 0.231 e. The smallest absolute Gasteiger partial charge is 0.231 e. The molecule has 1 fully saturated rings. The SMILES string of the molecule is CC(=O)[C@H]1[C@H]2CN(Cc3cc4c(cc32)OCO4)[C@H]1CCO. The van der Waals surface area contributed by atoms with Gasteiger partial charge in [0.1, 0.15) is 5.78 Å². The van der Waals surface area contributed by atoms with Crippen LogP contribution in [0.3, 0.4) is 0 Å². The molecular formula is C16H19NO4. The summed E-state index contributed by atoms with van der Waals surface area (Å²) in [4.78, 5) is 14.5. The average Bonchev–Trinajstić information content (AvgIpc) is 3.01. The van der Waals surface area contributed by atoms with Crippen molar-refractivity contribution < 1.29 is 19.4 Å². The second-order valence-electron chi connectivity index (χ2n) is 6.16. The monoisotopic (exact) mass is 289 g/mol. The zero-order valence-electron chi connectivity index (χ0n) is 12.0. The number of ether oxygens (including phenoxy) is 2. The van der Waals surface area contributed by atoms with Crippen LogP contribution in [0.1, 0.15) is 30.4 Å². The number of nitrogens with zero attached hydrogens (tertiary/aromatic N) is 1. The first-order valence-electron chi connectivity index (χ1n) is 7.47. The Balaban J connectivity index is 1.77. The molecule has 1 unspecified atom stereocenters. The van der Waals surface area contributed by atoms with Crippen LogP contribution in [0, 0.1) is 5.92 Å². The number of carbonyl (C=O) groups excluding carboxylic acids is 1. The minimum absolute atomic E-state index is 0.0289. The Labute approximate surface area is 123 Å². The molecule has 21 heavy (non-hydrogen) atoms. The third kappa shape index (κ3) is 1.88. The third-order valence-corrected chi connectivity index (χ3v) is 5.05. The van der Waals surface area contributed by atoms with Gasteiger partial charge in [-0.05, 0) is 36.6 Å². The number of ketones is 1. The van der Waals surface area contributed by atoms with Crippen LogP contribution in [0.25, 0.3) is 0 Å². The van der Waals surface area contributed by atoms with E-state index in [2.05, 4.69) is 17.0 Å².